The monoisotopic (exact) mass is 381 g/mol. The normalized spacial score (nSPS) is 11.1. The second-order valence-corrected chi connectivity index (χ2v) is 5.91. The number of aromatic nitrogens is 1. The van der Waals surface area contributed by atoms with Crippen LogP contribution in [0, 0.1) is 0 Å². The predicted octanol–water partition coefficient (Wildman–Crippen LogP) is 1.89. The number of carbonyl (C=O) groups is 2. The molecule has 2 rings (SSSR count). The van der Waals surface area contributed by atoms with Crippen molar-refractivity contribution in [3.05, 3.63) is 69.6 Å². The van der Waals surface area contributed by atoms with E-state index in [-0.39, 0.29) is 12.5 Å². The number of pyridine rings is 1. The summed E-state index contributed by atoms with van der Waals surface area (Å²) in [5.74, 6) is -0.762. The Morgan fingerprint density at radius 2 is 1.74 bits per heavy atom. The van der Waals surface area contributed by atoms with Gasteiger partial charge in [0.15, 0.2) is 0 Å². The van der Waals surface area contributed by atoms with E-state index < -0.39 is 29.8 Å². The predicted molar refractivity (Wildman–Crippen MR) is 92.0 cm³/mol. The Morgan fingerprint density at radius 1 is 1.11 bits per heavy atom. The molecule has 1 N–H and O–H groups in total. The van der Waals surface area contributed by atoms with E-state index in [1.165, 1.54) is 19.0 Å². The Morgan fingerprint density at radius 3 is 2.30 bits per heavy atom. The lowest BCUT2D eigenvalue weighted by Crippen LogP contribution is -2.33. The van der Waals surface area contributed by atoms with Crippen LogP contribution in [0.15, 0.2) is 47.4 Å². The minimum absolute atomic E-state index is 0.181. The van der Waals surface area contributed by atoms with E-state index in [4.69, 9.17) is 0 Å². The fourth-order valence-corrected chi connectivity index (χ4v) is 2.36. The number of nitrogens with one attached hydrogen (secondary N) is 1. The van der Waals surface area contributed by atoms with E-state index in [1.54, 1.807) is 24.3 Å². The lowest BCUT2D eigenvalue weighted by atomic mass is 10.1. The smallest absolute Gasteiger partial charge is 0.355 e. The standard InChI is InChI=1S/C18H18F3N3O3/c1-22-17(27)13-5-3-12(4-6-13)9-23(2)16(26)11-24-10-14(18(19,20)21)7-8-15(24)25/h3-8,10H,9,11H2,1-2H3,(H,22,27). The SMILES string of the molecule is CNC(=O)c1ccc(CN(C)C(=O)Cn2cc(C(F)(F)F)ccc2=O)cc1. The van der Waals surface area contributed by atoms with E-state index in [2.05, 4.69) is 5.32 Å². The molecule has 0 aliphatic rings. The lowest BCUT2D eigenvalue weighted by Gasteiger charge is -2.18. The van der Waals surface area contributed by atoms with Gasteiger partial charge in [0.2, 0.25) is 5.91 Å². The van der Waals surface area contributed by atoms with Crippen molar-refractivity contribution >= 4 is 11.8 Å². The summed E-state index contributed by atoms with van der Waals surface area (Å²) in [6.07, 6.45) is -3.97. The van der Waals surface area contributed by atoms with Crippen LogP contribution < -0.4 is 10.9 Å². The number of benzene rings is 1. The summed E-state index contributed by atoms with van der Waals surface area (Å²) in [7, 11) is 2.99. The molecule has 2 aromatic rings. The van der Waals surface area contributed by atoms with Crippen molar-refractivity contribution in [2.45, 2.75) is 19.3 Å². The van der Waals surface area contributed by atoms with Gasteiger partial charge in [-0.3, -0.25) is 14.4 Å². The molecule has 1 heterocycles. The van der Waals surface area contributed by atoms with Crippen molar-refractivity contribution in [3.8, 4) is 0 Å². The minimum atomic E-state index is -4.60. The number of alkyl halides is 3. The van der Waals surface area contributed by atoms with Gasteiger partial charge in [-0.05, 0) is 23.8 Å². The zero-order valence-corrected chi connectivity index (χ0v) is 14.7. The summed E-state index contributed by atoms with van der Waals surface area (Å²) < 4.78 is 39.0. The van der Waals surface area contributed by atoms with Crippen molar-refractivity contribution in [3.63, 3.8) is 0 Å². The van der Waals surface area contributed by atoms with Gasteiger partial charge >= 0.3 is 6.18 Å². The first-order chi connectivity index (χ1) is 12.6. The van der Waals surface area contributed by atoms with Crippen molar-refractivity contribution in [2.24, 2.45) is 0 Å². The second-order valence-electron chi connectivity index (χ2n) is 5.91. The number of hydrogen-bond acceptors (Lipinski definition) is 3. The van der Waals surface area contributed by atoms with E-state index >= 15 is 0 Å². The highest BCUT2D eigenvalue weighted by Crippen LogP contribution is 2.28. The average Bonchev–Trinajstić information content (AvgIpc) is 2.62. The maximum Gasteiger partial charge on any atom is 0.417 e. The van der Waals surface area contributed by atoms with E-state index in [0.717, 1.165) is 16.2 Å². The highest BCUT2D eigenvalue weighted by atomic mass is 19.4. The Balaban J connectivity index is 2.08. The number of hydrogen-bond donors (Lipinski definition) is 1. The summed E-state index contributed by atoms with van der Waals surface area (Å²) in [5, 5.41) is 2.49. The Kier molecular flexibility index (Phi) is 6.04. The molecule has 0 spiro atoms. The third kappa shape index (κ3) is 5.19. The summed E-state index contributed by atoms with van der Waals surface area (Å²) in [4.78, 5) is 36.8. The summed E-state index contributed by atoms with van der Waals surface area (Å²) in [6.45, 7) is -0.323. The molecular weight excluding hydrogens is 363 g/mol. The van der Waals surface area contributed by atoms with Crippen LogP contribution in [0.2, 0.25) is 0 Å². The highest BCUT2D eigenvalue weighted by molar-refractivity contribution is 5.93. The molecule has 2 amide bonds. The lowest BCUT2D eigenvalue weighted by molar-refractivity contribution is -0.138. The zero-order chi connectivity index (χ0) is 20.2. The van der Waals surface area contributed by atoms with Crippen LogP contribution >= 0.6 is 0 Å². The summed E-state index contributed by atoms with van der Waals surface area (Å²) >= 11 is 0. The van der Waals surface area contributed by atoms with Gasteiger partial charge in [0.05, 0.1) is 5.56 Å². The van der Waals surface area contributed by atoms with E-state index in [0.29, 0.717) is 17.8 Å². The molecule has 0 unspecified atom stereocenters. The van der Waals surface area contributed by atoms with Gasteiger partial charge in [-0.2, -0.15) is 13.2 Å². The molecule has 0 aliphatic heterocycles. The van der Waals surface area contributed by atoms with Crippen LogP contribution in [-0.4, -0.2) is 35.4 Å². The van der Waals surface area contributed by atoms with E-state index in [9.17, 15) is 27.6 Å². The largest absolute Gasteiger partial charge is 0.417 e. The van der Waals surface area contributed by atoms with Gasteiger partial charge < -0.3 is 14.8 Å². The first-order valence-electron chi connectivity index (χ1n) is 7.94. The first kappa shape index (κ1) is 20.2. The Hall–Kier alpha value is -3.10. The molecule has 0 aliphatic carbocycles. The average molecular weight is 381 g/mol. The van der Waals surface area contributed by atoms with Crippen LogP contribution in [0.25, 0.3) is 0 Å². The minimum Gasteiger partial charge on any atom is -0.355 e. The van der Waals surface area contributed by atoms with Gasteiger partial charge in [-0.15, -0.1) is 0 Å². The molecule has 0 bridgehead atoms. The molecule has 0 saturated heterocycles. The molecule has 6 nitrogen and oxygen atoms in total. The number of halogens is 3. The number of rotatable bonds is 5. The van der Waals surface area contributed by atoms with Crippen LogP contribution in [0.1, 0.15) is 21.5 Å². The van der Waals surface area contributed by atoms with Crippen LogP contribution in [0.4, 0.5) is 13.2 Å². The molecule has 0 atom stereocenters. The van der Waals surface area contributed by atoms with Crippen molar-refractivity contribution in [1.82, 2.24) is 14.8 Å². The number of amides is 2. The maximum absolute atomic E-state index is 12.8. The molecule has 144 valence electrons. The van der Waals surface area contributed by atoms with Gasteiger partial charge in [0.25, 0.3) is 11.5 Å². The second kappa shape index (κ2) is 8.07. The molecule has 27 heavy (non-hydrogen) atoms. The fourth-order valence-electron chi connectivity index (χ4n) is 2.36. The highest BCUT2D eigenvalue weighted by Gasteiger charge is 2.31. The molecule has 1 aromatic heterocycles. The first-order valence-corrected chi connectivity index (χ1v) is 7.94. The molecule has 0 fully saturated rings. The van der Waals surface area contributed by atoms with Gasteiger partial charge in [0.1, 0.15) is 6.54 Å². The Bertz CT molecular complexity index is 889. The van der Waals surface area contributed by atoms with Crippen molar-refractivity contribution in [2.75, 3.05) is 14.1 Å². The van der Waals surface area contributed by atoms with Crippen LogP contribution in [0.3, 0.4) is 0 Å². The quantitative estimate of drug-likeness (QED) is 0.860. The van der Waals surface area contributed by atoms with Crippen LogP contribution in [-0.2, 0) is 24.1 Å². The van der Waals surface area contributed by atoms with Gasteiger partial charge in [-0.25, -0.2) is 0 Å². The molecular formula is C18H18F3N3O3. The van der Waals surface area contributed by atoms with Gasteiger partial charge in [0, 0.05) is 38.5 Å². The number of likely N-dealkylation sites (N-methyl/N-ethyl adjacent to an activating group) is 1. The topological polar surface area (TPSA) is 71.4 Å². The maximum atomic E-state index is 12.8. The van der Waals surface area contributed by atoms with Crippen molar-refractivity contribution < 1.29 is 22.8 Å². The van der Waals surface area contributed by atoms with Crippen molar-refractivity contribution in [1.29, 1.82) is 0 Å². The molecule has 0 saturated carbocycles. The Labute approximate surface area is 153 Å². The summed E-state index contributed by atoms with van der Waals surface area (Å²) in [5.41, 5.74) is -0.498. The fraction of sp³-hybridized carbons (Fsp3) is 0.278. The zero-order valence-electron chi connectivity index (χ0n) is 14.7. The third-order valence-electron chi connectivity index (χ3n) is 3.91. The number of nitrogens with zero attached hydrogens (tertiary/aromatic N) is 2. The number of carbonyl (C=O) groups excluding carboxylic acids is 2. The van der Waals surface area contributed by atoms with Gasteiger partial charge in [-0.1, -0.05) is 12.1 Å². The summed E-state index contributed by atoms with van der Waals surface area (Å²) in [6, 6.07) is 8.01. The molecule has 9 heteroatoms. The molecule has 1 aromatic carbocycles. The van der Waals surface area contributed by atoms with E-state index in [1.807, 2.05) is 0 Å². The van der Waals surface area contributed by atoms with Crippen LogP contribution in [0.5, 0.6) is 0 Å². The molecule has 0 radical (unpaired) electrons. The third-order valence-corrected chi connectivity index (χ3v) is 3.91.